The number of hydrazine groups is 1. The largest absolute Gasteiger partial charge is 0.496 e. The first-order chi connectivity index (χ1) is 13.5. The maximum atomic E-state index is 12.2. The highest BCUT2D eigenvalue weighted by atomic mass is 16.5. The van der Waals surface area contributed by atoms with Gasteiger partial charge in [0.25, 0.3) is 11.8 Å². The lowest BCUT2D eigenvalue weighted by atomic mass is 10.1. The molecule has 0 spiro atoms. The summed E-state index contributed by atoms with van der Waals surface area (Å²) in [7, 11) is 1.58. The molecule has 6 heteroatoms. The number of nitrogens with one attached hydrogen (secondary N) is 2. The Hall–Kier alpha value is -3.28. The number of rotatable bonds is 7. The lowest BCUT2D eigenvalue weighted by Crippen LogP contribution is -2.40. The zero-order chi connectivity index (χ0) is 20.5. The second-order valence-electron chi connectivity index (χ2n) is 6.24. The van der Waals surface area contributed by atoms with Gasteiger partial charge in [0.05, 0.1) is 7.11 Å². The van der Waals surface area contributed by atoms with E-state index in [1.165, 1.54) is 6.08 Å². The van der Waals surface area contributed by atoms with Gasteiger partial charge in [-0.1, -0.05) is 11.6 Å². The average Bonchev–Trinajstić information content (AvgIpc) is 2.72. The second kappa shape index (κ2) is 10.2. The van der Waals surface area contributed by atoms with Crippen LogP contribution in [0.3, 0.4) is 0 Å². The quantitative estimate of drug-likeness (QED) is 0.570. The van der Waals surface area contributed by atoms with Crippen LogP contribution in [0.5, 0.6) is 5.75 Å². The van der Waals surface area contributed by atoms with E-state index in [2.05, 4.69) is 29.6 Å². The zero-order valence-electron chi connectivity index (χ0n) is 16.8. The Labute approximate surface area is 166 Å². The predicted molar refractivity (Wildman–Crippen MR) is 112 cm³/mol. The van der Waals surface area contributed by atoms with Crippen LogP contribution in [0.15, 0.2) is 48.5 Å². The molecular weight excluding hydrogens is 354 g/mol. The zero-order valence-corrected chi connectivity index (χ0v) is 16.8. The highest BCUT2D eigenvalue weighted by Gasteiger charge is 2.08. The van der Waals surface area contributed by atoms with Gasteiger partial charge in [-0.25, -0.2) is 0 Å². The summed E-state index contributed by atoms with van der Waals surface area (Å²) < 4.78 is 5.28. The van der Waals surface area contributed by atoms with Gasteiger partial charge in [0.1, 0.15) is 5.75 Å². The standard InChI is InChI=1S/C22H27N3O3/c1-5-25(6-2)19-11-8-17(9-12-19)22(27)24-23-21(26)14-10-18-15-16(3)7-13-20(18)28-4/h7-15H,5-6H2,1-4H3,(H,23,26)(H,24,27)/b14-10+. The number of hydrogen-bond donors (Lipinski definition) is 2. The van der Waals surface area contributed by atoms with E-state index >= 15 is 0 Å². The van der Waals surface area contributed by atoms with E-state index in [0.29, 0.717) is 11.3 Å². The third kappa shape index (κ3) is 5.61. The van der Waals surface area contributed by atoms with Crippen molar-refractivity contribution in [2.75, 3.05) is 25.1 Å². The van der Waals surface area contributed by atoms with Gasteiger partial charge in [-0.3, -0.25) is 20.4 Å². The maximum absolute atomic E-state index is 12.2. The first kappa shape index (κ1) is 21.0. The summed E-state index contributed by atoms with van der Waals surface area (Å²) in [5.74, 6) is -0.135. The van der Waals surface area contributed by atoms with Gasteiger partial charge in [0.2, 0.25) is 0 Å². The summed E-state index contributed by atoms with van der Waals surface area (Å²) in [5.41, 5.74) is 8.18. The minimum absolute atomic E-state index is 0.374. The Bertz CT molecular complexity index is 841. The van der Waals surface area contributed by atoms with E-state index in [1.54, 1.807) is 25.3 Å². The van der Waals surface area contributed by atoms with Gasteiger partial charge in [0.15, 0.2) is 0 Å². The van der Waals surface area contributed by atoms with Crippen molar-refractivity contribution in [3.05, 3.63) is 65.2 Å². The molecule has 6 nitrogen and oxygen atoms in total. The van der Waals surface area contributed by atoms with Crippen molar-refractivity contribution in [3.63, 3.8) is 0 Å². The van der Waals surface area contributed by atoms with E-state index in [1.807, 2.05) is 37.3 Å². The van der Waals surface area contributed by atoms with Gasteiger partial charge in [0, 0.05) is 36.0 Å². The molecule has 2 rings (SSSR count). The van der Waals surface area contributed by atoms with Crippen LogP contribution in [0.4, 0.5) is 5.69 Å². The number of anilines is 1. The fourth-order valence-electron chi connectivity index (χ4n) is 2.79. The summed E-state index contributed by atoms with van der Waals surface area (Å²) in [6.45, 7) is 7.92. The number of hydrogen-bond acceptors (Lipinski definition) is 4. The first-order valence-corrected chi connectivity index (χ1v) is 9.26. The van der Waals surface area contributed by atoms with Gasteiger partial charge in [-0.2, -0.15) is 0 Å². The normalized spacial score (nSPS) is 10.6. The molecule has 0 radical (unpaired) electrons. The molecule has 28 heavy (non-hydrogen) atoms. The number of nitrogens with zero attached hydrogens (tertiary/aromatic N) is 1. The molecule has 2 aromatic rings. The Morgan fingerprint density at radius 1 is 1.04 bits per heavy atom. The highest BCUT2D eigenvalue weighted by molar-refractivity contribution is 5.98. The van der Waals surface area contributed by atoms with Crippen molar-refractivity contribution in [1.29, 1.82) is 0 Å². The van der Waals surface area contributed by atoms with Crippen molar-refractivity contribution in [1.82, 2.24) is 10.9 Å². The Balaban J connectivity index is 1.93. The molecule has 2 aromatic carbocycles. The van der Waals surface area contributed by atoms with Crippen molar-refractivity contribution in [2.24, 2.45) is 0 Å². The monoisotopic (exact) mass is 381 g/mol. The topological polar surface area (TPSA) is 70.7 Å². The summed E-state index contributed by atoms with van der Waals surface area (Å²) in [4.78, 5) is 26.4. The number of carbonyl (C=O) groups is 2. The molecule has 0 heterocycles. The Morgan fingerprint density at radius 3 is 2.32 bits per heavy atom. The molecule has 0 aliphatic rings. The van der Waals surface area contributed by atoms with Crippen LogP contribution in [0.25, 0.3) is 6.08 Å². The molecular formula is C22H27N3O3. The molecule has 2 amide bonds. The Kier molecular flexibility index (Phi) is 7.63. The smallest absolute Gasteiger partial charge is 0.269 e. The molecule has 2 N–H and O–H groups in total. The molecule has 0 aromatic heterocycles. The van der Waals surface area contributed by atoms with E-state index < -0.39 is 5.91 Å². The number of aryl methyl sites for hydroxylation is 1. The maximum Gasteiger partial charge on any atom is 0.269 e. The molecule has 0 aliphatic carbocycles. The molecule has 0 aliphatic heterocycles. The van der Waals surface area contributed by atoms with E-state index in [4.69, 9.17) is 4.74 Å². The van der Waals surface area contributed by atoms with Crippen LogP contribution in [-0.2, 0) is 4.79 Å². The van der Waals surface area contributed by atoms with Gasteiger partial charge >= 0.3 is 0 Å². The SMILES string of the molecule is CCN(CC)c1ccc(C(=O)NNC(=O)/C=C/c2cc(C)ccc2OC)cc1. The van der Waals surface area contributed by atoms with Gasteiger partial charge in [-0.05, 0) is 63.2 Å². The molecule has 0 saturated heterocycles. The van der Waals surface area contributed by atoms with Crippen LogP contribution >= 0.6 is 0 Å². The lowest BCUT2D eigenvalue weighted by Gasteiger charge is -2.21. The lowest BCUT2D eigenvalue weighted by molar-refractivity contribution is -0.117. The minimum atomic E-state index is -0.434. The highest BCUT2D eigenvalue weighted by Crippen LogP contribution is 2.20. The first-order valence-electron chi connectivity index (χ1n) is 9.26. The van der Waals surface area contributed by atoms with Crippen molar-refractivity contribution >= 4 is 23.6 Å². The molecule has 0 atom stereocenters. The predicted octanol–water partition coefficient (Wildman–Crippen LogP) is 3.32. The number of ether oxygens (including phenoxy) is 1. The van der Waals surface area contributed by atoms with E-state index in [9.17, 15) is 9.59 Å². The van der Waals surface area contributed by atoms with Crippen LogP contribution in [0, 0.1) is 6.92 Å². The van der Waals surface area contributed by atoms with Crippen LogP contribution in [0.2, 0.25) is 0 Å². The second-order valence-corrected chi connectivity index (χ2v) is 6.24. The number of amides is 2. The molecule has 0 fully saturated rings. The summed E-state index contributed by atoms with van der Waals surface area (Å²) in [5, 5.41) is 0. The van der Waals surface area contributed by atoms with E-state index in [0.717, 1.165) is 29.9 Å². The Morgan fingerprint density at radius 2 is 1.71 bits per heavy atom. The van der Waals surface area contributed by atoms with Gasteiger partial charge < -0.3 is 9.64 Å². The van der Waals surface area contributed by atoms with Crippen molar-refractivity contribution < 1.29 is 14.3 Å². The van der Waals surface area contributed by atoms with Crippen molar-refractivity contribution in [2.45, 2.75) is 20.8 Å². The summed E-state index contributed by atoms with van der Waals surface area (Å²) in [6.07, 6.45) is 2.99. The average molecular weight is 381 g/mol. The van der Waals surface area contributed by atoms with Crippen LogP contribution in [0.1, 0.15) is 35.3 Å². The summed E-state index contributed by atoms with van der Waals surface area (Å²) in [6, 6.07) is 13.0. The van der Waals surface area contributed by atoms with Crippen LogP contribution in [-0.4, -0.2) is 32.0 Å². The molecule has 0 bridgehead atoms. The molecule has 148 valence electrons. The minimum Gasteiger partial charge on any atom is -0.496 e. The van der Waals surface area contributed by atoms with Gasteiger partial charge in [-0.15, -0.1) is 0 Å². The van der Waals surface area contributed by atoms with E-state index in [-0.39, 0.29) is 5.91 Å². The number of carbonyl (C=O) groups excluding carboxylic acids is 2. The van der Waals surface area contributed by atoms with Crippen molar-refractivity contribution in [3.8, 4) is 5.75 Å². The third-order valence-electron chi connectivity index (χ3n) is 4.36. The third-order valence-corrected chi connectivity index (χ3v) is 4.36. The molecule has 0 saturated carbocycles. The fraction of sp³-hybridized carbons (Fsp3) is 0.273. The summed E-state index contributed by atoms with van der Waals surface area (Å²) >= 11 is 0. The number of benzene rings is 2. The molecule has 0 unspecified atom stereocenters. The number of methoxy groups -OCH3 is 1. The van der Waals surface area contributed by atoms with Crippen LogP contribution < -0.4 is 20.5 Å². The fourth-order valence-corrected chi connectivity index (χ4v) is 2.79.